The Morgan fingerprint density at radius 3 is 1.83 bits per heavy atom. The van der Waals surface area contributed by atoms with Gasteiger partial charge < -0.3 is 34.2 Å². The second-order valence-electron chi connectivity index (χ2n) is 12.6. The van der Waals surface area contributed by atoms with Gasteiger partial charge in [-0.25, -0.2) is 4.79 Å². The highest BCUT2D eigenvalue weighted by Gasteiger charge is 2.40. The maximum atomic E-state index is 12.5. The summed E-state index contributed by atoms with van der Waals surface area (Å²) < 4.78 is 24.0. The van der Waals surface area contributed by atoms with E-state index in [1.54, 1.807) is 59.3 Å². The second kappa shape index (κ2) is 19.0. The standard InChI is InChI=1S/C40H47N3O11/c1-26(39(49)41-4)23-42(25-44)28(3)53-35(27(2)45)24-52-40(31-12-16-33(50-5)17-13-31,32-14-18-34(51-6)19-15-32)30-10-7-29(8-11-30)9-22-38(48)54-43-36(46)20-21-37(43)47/h7-8,10-19,23,25,27-28,35,45H,9,20-22,24H2,1-6H3,(H,41,49)/b26-23-/t27-,28?,35?/m1/s1. The third kappa shape index (κ3) is 9.89. The molecular formula is C40H47N3O11. The Hall–Kier alpha value is -5.57. The van der Waals surface area contributed by atoms with Crippen LogP contribution < -0.4 is 14.8 Å². The minimum absolute atomic E-state index is 0.0102. The molecule has 0 aromatic heterocycles. The van der Waals surface area contributed by atoms with Gasteiger partial charge in [0.05, 0.1) is 33.4 Å². The van der Waals surface area contributed by atoms with Crippen molar-refractivity contribution < 1.29 is 52.9 Å². The number of aliphatic hydroxyl groups is 1. The van der Waals surface area contributed by atoms with Crippen molar-refractivity contribution in [3.63, 3.8) is 0 Å². The molecule has 288 valence electrons. The SMILES string of the molecule is CNC(=O)/C(C)=C\N(C=O)C(C)OC(COC(c1ccc(CCC(=O)ON2C(=O)CCC2=O)cc1)(c1ccc(OC)cc1)c1ccc(OC)cc1)[C@@H](C)O. The number of rotatable bonds is 19. The molecule has 3 aromatic rings. The Labute approximate surface area is 314 Å². The van der Waals surface area contributed by atoms with Crippen LogP contribution >= 0.6 is 0 Å². The number of nitrogens with zero attached hydrogens (tertiary/aromatic N) is 2. The van der Waals surface area contributed by atoms with Crippen LogP contribution in [0.15, 0.2) is 84.6 Å². The van der Waals surface area contributed by atoms with E-state index in [1.807, 2.05) is 48.5 Å². The number of aliphatic hydroxyl groups excluding tert-OH is 1. The molecule has 4 rings (SSSR count). The zero-order chi connectivity index (χ0) is 39.4. The van der Waals surface area contributed by atoms with Crippen LogP contribution in [0.3, 0.4) is 0 Å². The molecule has 14 nitrogen and oxygen atoms in total. The maximum Gasteiger partial charge on any atom is 0.333 e. The summed E-state index contributed by atoms with van der Waals surface area (Å²) in [5, 5.41) is 14.0. The molecule has 3 aromatic carbocycles. The van der Waals surface area contributed by atoms with E-state index >= 15 is 0 Å². The fraction of sp³-hybridized carbons (Fsp3) is 0.375. The van der Waals surface area contributed by atoms with Crippen molar-refractivity contribution in [3.05, 3.63) is 107 Å². The highest BCUT2D eigenvalue weighted by Crippen LogP contribution is 2.42. The van der Waals surface area contributed by atoms with Crippen LogP contribution in [-0.2, 0) is 50.3 Å². The molecule has 0 bridgehead atoms. The number of ether oxygens (including phenoxy) is 4. The number of carbonyl (C=O) groups is 5. The Morgan fingerprint density at radius 1 is 0.889 bits per heavy atom. The average Bonchev–Trinajstić information content (AvgIpc) is 3.50. The first-order chi connectivity index (χ1) is 25.9. The van der Waals surface area contributed by atoms with E-state index in [0.29, 0.717) is 39.7 Å². The van der Waals surface area contributed by atoms with Crippen LogP contribution in [0, 0.1) is 0 Å². The first-order valence-electron chi connectivity index (χ1n) is 17.4. The van der Waals surface area contributed by atoms with Crippen molar-refractivity contribution >= 4 is 30.1 Å². The number of benzene rings is 3. The molecule has 2 unspecified atom stereocenters. The molecule has 0 radical (unpaired) electrons. The topological polar surface area (TPSA) is 170 Å². The van der Waals surface area contributed by atoms with Crippen molar-refractivity contribution in [3.8, 4) is 11.5 Å². The predicted molar refractivity (Wildman–Crippen MR) is 196 cm³/mol. The third-order valence-electron chi connectivity index (χ3n) is 9.01. The van der Waals surface area contributed by atoms with Crippen molar-refractivity contribution in [1.29, 1.82) is 0 Å². The number of hydroxylamine groups is 2. The van der Waals surface area contributed by atoms with Crippen molar-refractivity contribution in [2.75, 3.05) is 27.9 Å². The van der Waals surface area contributed by atoms with Gasteiger partial charge in [0, 0.05) is 31.7 Å². The van der Waals surface area contributed by atoms with Crippen molar-refractivity contribution in [2.24, 2.45) is 0 Å². The maximum absolute atomic E-state index is 12.5. The van der Waals surface area contributed by atoms with Crippen LogP contribution in [0.5, 0.6) is 11.5 Å². The van der Waals surface area contributed by atoms with Gasteiger partial charge in [0.25, 0.3) is 11.8 Å². The number of hydrogen-bond donors (Lipinski definition) is 2. The largest absolute Gasteiger partial charge is 0.497 e. The molecule has 1 saturated heterocycles. The van der Waals surface area contributed by atoms with Crippen LogP contribution in [0.25, 0.3) is 0 Å². The van der Waals surface area contributed by atoms with Crippen LogP contribution in [0.4, 0.5) is 0 Å². The van der Waals surface area contributed by atoms with Crippen LogP contribution in [0.2, 0.25) is 0 Å². The molecule has 1 aliphatic rings. The van der Waals surface area contributed by atoms with E-state index in [2.05, 4.69) is 5.32 Å². The quantitative estimate of drug-likeness (QED) is 0.0602. The molecule has 1 aliphatic heterocycles. The van der Waals surface area contributed by atoms with E-state index in [-0.39, 0.29) is 43.8 Å². The van der Waals surface area contributed by atoms with Gasteiger partial charge in [-0.05, 0) is 73.7 Å². The fourth-order valence-electron chi connectivity index (χ4n) is 5.88. The molecule has 1 fully saturated rings. The number of methoxy groups -OCH3 is 2. The summed E-state index contributed by atoms with van der Waals surface area (Å²) >= 11 is 0. The second-order valence-corrected chi connectivity index (χ2v) is 12.6. The monoisotopic (exact) mass is 745 g/mol. The van der Waals surface area contributed by atoms with Gasteiger partial charge in [0.1, 0.15) is 29.4 Å². The van der Waals surface area contributed by atoms with E-state index in [4.69, 9.17) is 23.8 Å². The van der Waals surface area contributed by atoms with Crippen LogP contribution in [0.1, 0.15) is 62.3 Å². The zero-order valence-electron chi connectivity index (χ0n) is 31.3. The van der Waals surface area contributed by atoms with Gasteiger partial charge in [0.15, 0.2) is 0 Å². The fourth-order valence-corrected chi connectivity index (χ4v) is 5.88. The lowest BCUT2D eigenvalue weighted by Crippen LogP contribution is -2.43. The van der Waals surface area contributed by atoms with E-state index in [0.717, 1.165) is 5.56 Å². The molecule has 54 heavy (non-hydrogen) atoms. The Morgan fingerprint density at radius 2 is 1.39 bits per heavy atom. The highest BCUT2D eigenvalue weighted by atomic mass is 16.7. The van der Waals surface area contributed by atoms with Gasteiger partial charge in [-0.2, -0.15) is 0 Å². The first kappa shape index (κ1) is 41.2. The molecule has 4 amide bonds. The van der Waals surface area contributed by atoms with Gasteiger partial charge in [-0.1, -0.05) is 48.5 Å². The summed E-state index contributed by atoms with van der Waals surface area (Å²) in [6, 6.07) is 22.1. The van der Waals surface area contributed by atoms with Crippen molar-refractivity contribution in [1.82, 2.24) is 15.3 Å². The van der Waals surface area contributed by atoms with Crippen molar-refractivity contribution in [2.45, 2.75) is 70.5 Å². The molecule has 14 heteroatoms. The third-order valence-corrected chi connectivity index (χ3v) is 9.01. The number of aryl methyl sites for hydroxylation is 1. The Balaban J connectivity index is 1.70. The normalized spacial score (nSPS) is 14.9. The lowest BCUT2D eigenvalue weighted by molar-refractivity contribution is -0.197. The lowest BCUT2D eigenvalue weighted by atomic mass is 9.79. The number of amides is 4. The molecule has 3 atom stereocenters. The van der Waals surface area contributed by atoms with Gasteiger partial charge in [0.2, 0.25) is 12.3 Å². The first-order valence-corrected chi connectivity index (χ1v) is 17.4. The van der Waals surface area contributed by atoms with E-state index < -0.39 is 41.8 Å². The summed E-state index contributed by atoms with van der Waals surface area (Å²) in [4.78, 5) is 66.6. The van der Waals surface area contributed by atoms with Gasteiger partial charge in [-0.15, -0.1) is 5.06 Å². The molecule has 0 saturated carbocycles. The smallest absolute Gasteiger partial charge is 0.333 e. The zero-order valence-corrected chi connectivity index (χ0v) is 31.3. The van der Waals surface area contributed by atoms with E-state index in [1.165, 1.54) is 18.1 Å². The minimum Gasteiger partial charge on any atom is -0.497 e. The molecule has 2 N–H and O–H groups in total. The summed E-state index contributed by atoms with van der Waals surface area (Å²) in [6.07, 6.45) is -0.789. The Bertz CT molecular complexity index is 1730. The minimum atomic E-state index is -1.31. The molecule has 0 aliphatic carbocycles. The summed E-state index contributed by atoms with van der Waals surface area (Å²) in [5.41, 5.74) is 1.85. The Kier molecular flexibility index (Phi) is 14.5. The predicted octanol–water partition coefficient (Wildman–Crippen LogP) is 3.77. The summed E-state index contributed by atoms with van der Waals surface area (Å²) in [7, 11) is 4.62. The number of likely N-dealkylation sites (N-methyl/N-ethyl adjacent to an activating group) is 1. The highest BCUT2D eigenvalue weighted by molar-refractivity contribution is 6.01. The lowest BCUT2D eigenvalue weighted by Gasteiger charge is -2.38. The van der Waals surface area contributed by atoms with E-state index in [9.17, 15) is 29.1 Å². The van der Waals surface area contributed by atoms with Gasteiger partial charge >= 0.3 is 5.97 Å². The molecule has 0 spiro atoms. The van der Waals surface area contributed by atoms with Crippen LogP contribution in [-0.4, -0.2) is 91.5 Å². The van der Waals surface area contributed by atoms with Gasteiger partial charge in [-0.3, -0.25) is 24.1 Å². The molecular weight excluding hydrogens is 698 g/mol. The number of imide groups is 1. The number of nitrogens with one attached hydrogen (secondary N) is 1. The number of carbonyl (C=O) groups excluding carboxylic acids is 5. The summed E-state index contributed by atoms with van der Waals surface area (Å²) in [6.45, 7) is 4.57. The average molecular weight is 746 g/mol. The number of hydrogen-bond acceptors (Lipinski definition) is 11. The molecule has 1 heterocycles. The summed E-state index contributed by atoms with van der Waals surface area (Å²) in [5.74, 6) is -0.919.